The third-order valence-corrected chi connectivity index (χ3v) is 10.2. The highest BCUT2D eigenvalue weighted by Crippen LogP contribution is 2.63. The van der Waals surface area contributed by atoms with E-state index in [4.69, 9.17) is 4.74 Å². The van der Waals surface area contributed by atoms with Crippen LogP contribution in [0, 0.1) is 17.8 Å². The monoisotopic (exact) mass is 532 g/mol. The molecule has 6 rings (SSSR count). The Balaban J connectivity index is 1.16. The molecule has 4 unspecified atom stereocenters. The molecule has 5 atom stereocenters. The van der Waals surface area contributed by atoms with Crippen LogP contribution in [-0.2, 0) is 11.0 Å². The van der Waals surface area contributed by atoms with Gasteiger partial charge in [0.1, 0.15) is 5.75 Å². The third-order valence-electron chi connectivity index (χ3n) is 7.58. The van der Waals surface area contributed by atoms with E-state index in [9.17, 15) is 22.8 Å². The molecule has 2 heterocycles. The fraction of sp³-hybridized carbons (Fsp3) is 0.385. The van der Waals surface area contributed by atoms with Gasteiger partial charge in [0.15, 0.2) is 6.61 Å². The zero-order chi connectivity index (χ0) is 25.0. The van der Waals surface area contributed by atoms with E-state index in [0.717, 1.165) is 21.5 Å². The minimum atomic E-state index is -4.57. The molecule has 3 aliphatic rings. The van der Waals surface area contributed by atoms with E-state index >= 15 is 0 Å². The minimum Gasteiger partial charge on any atom is -0.484 e. The summed E-state index contributed by atoms with van der Waals surface area (Å²) in [5, 5.41) is 3.81. The van der Waals surface area contributed by atoms with Gasteiger partial charge in [-0.15, -0.1) is 11.8 Å². The fourth-order valence-corrected chi connectivity index (χ4v) is 9.06. The number of hydrogen-bond acceptors (Lipinski definition) is 5. The molecule has 188 valence electrons. The second-order valence-corrected chi connectivity index (χ2v) is 11.8. The number of halogens is 3. The van der Waals surface area contributed by atoms with Gasteiger partial charge in [0, 0.05) is 16.0 Å². The van der Waals surface area contributed by atoms with Crippen LogP contribution in [0.15, 0.2) is 58.4 Å². The molecular weight excluding hydrogens is 509 g/mol. The summed E-state index contributed by atoms with van der Waals surface area (Å²) < 4.78 is 45.1. The summed E-state index contributed by atoms with van der Waals surface area (Å²) in [5.74, 6) is 1.80. The first-order valence-electron chi connectivity index (χ1n) is 11.9. The van der Waals surface area contributed by atoms with Gasteiger partial charge in [-0.25, -0.2) is 0 Å². The van der Waals surface area contributed by atoms with Crippen LogP contribution < -0.4 is 14.9 Å². The molecule has 36 heavy (non-hydrogen) atoms. The number of anilines is 1. The van der Waals surface area contributed by atoms with Crippen molar-refractivity contribution in [2.24, 2.45) is 17.8 Å². The van der Waals surface area contributed by atoms with Crippen LogP contribution in [0.3, 0.4) is 0 Å². The average Bonchev–Trinajstić information content (AvgIpc) is 3.55. The molecule has 5 nitrogen and oxygen atoms in total. The SMILES string of the molecule is O=C(COc1ccc([C@H]2c3sc(=O)[nH]c3SC3C4CCC(C4)C32)cc1)Nc1ccccc1C(F)(F)F. The van der Waals surface area contributed by atoms with E-state index < -0.39 is 24.3 Å². The van der Waals surface area contributed by atoms with Gasteiger partial charge in [0.05, 0.1) is 16.3 Å². The molecule has 3 aromatic rings. The number of amides is 1. The molecule has 2 aromatic carbocycles. The maximum absolute atomic E-state index is 13.2. The van der Waals surface area contributed by atoms with Gasteiger partial charge in [-0.1, -0.05) is 35.6 Å². The summed E-state index contributed by atoms with van der Waals surface area (Å²) in [6.45, 7) is -0.413. The number of H-pyrrole nitrogens is 1. The van der Waals surface area contributed by atoms with Crippen LogP contribution in [0.25, 0.3) is 0 Å². The van der Waals surface area contributed by atoms with Gasteiger partial charge in [0.25, 0.3) is 5.91 Å². The number of aromatic nitrogens is 1. The Bertz CT molecular complexity index is 1350. The molecule has 2 fully saturated rings. The van der Waals surface area contributed by atoms with Crippen LogP contribution in [0.2, 0.25) is 0 Å². The number of nitrogens with one attached hydrogen (secondary N) is 2. The predicted molar refractivity (Wildman–Crippen MR) is 133 cm³/mol. The van der Waals surface area contributed by atoms with Crippen LogP contribution in [0.4, 0.5) is 18.9 Å². The van der Waals surface area contributed by atoms with Crippen molar-refractivity contribution >= 4 is 34.7 Å². The number of carbonyl (C=O) groups is 1. The number of ether oxygens (including phenoxy) is 1. The highest BCUT2D eigenvalue weighted by molar-refractivity contribution is 8.00. The van der Waals surface area contributed by atoms with Gasteiger partial charge in [-0.3, -0.25) is 9.59 Å². The fourth-order valence-electron chi connectivity index (χ4n) is 6.17. The smallest absolute Gasteiger partial charge is 0.418 e. The minimum absolute atomic E-state index is 0.0251. The number of alkyl halides is 3. The summed E-state index contributed by atoms with van der Waals surface area (Å²) in [6, 6.07) is 12.4. The molecular formula is C26H23F3N2O3S2. The molecule has 2 N–H and O–H groups in total. The summed E-state index contributed by atoms with van der Waals surface area (Å²) in [4.78, 5) is 28.6. The van der Waals surface area contributed by atoms with Gasteiger partial charge < -0.3 is 15.0 Å². The highest BCUT2D eigenvalue weighted by Gasteiger charge is 2.54. The third kappa shape index (κ3) is 4.24. The summed E-state index contributed by atoms with van der Waals surface area (Å²) in [7, 11) is 0. The molecule has 1 amide bonds. The van der Waals surface area contributed by atoms with Crippen LogP contribution >= 0.6 is 23.1 Å². The van der Waals surface area contributed by atoms with E-state index in [1.807, 2.05) is 23.9 Å². The molecule has 2 saturated carbocycles. The molecule has 0 saturated heterocycles. The van der Waals surface area contributed by atoms with Gasteiger partial charge in [-0.2, -0.15) is 13.2 Å². The highest BCUT2D eigenvalue weighted by atomic mass is 32.2. The normalized spacial score (nSPS) is 26.4. The van der Waals surface area contributed by atoms with Crippen molar-refractivity contribution in [3.63, 3.8) is 0 Å². The molecule has 10 heteroatoms. The molecule has 2 aliphatic carbocycles. The Kier molecular flexibility index (Phi) is 5.91. The number of carbonyl (C=O) groups excluding carboxylic acids is 1. The van der Waals surface area contributed by atoms with Gasteiger partial charge in [0.2, 0.25) is 0 Å². The van der Waals surface area contributed by atoms with E-state index in [-0.39, 0.29) is 16.5 Å². The zero-order valence-corrected chi connectivity index (χ0v) is 20.6. The van der Waals surface area contributed by atoms with Crippen molar-refractivity contribution in [2.75, 3.05) is 11.9 Å². The lowest BCUT2D eigenvalue weighted by atomic mass is 9.75. The first-order chi connectivity index (χ1) is 17.3. The predicted octanol–water partition coefficient (Wildman–Crippen LogP) is 6.13. The maximum Gasteiger partial charge on any atom is 0.418 e. The number of thiazole rings is 1. The topological polar surface area (TPSA) is 71.2 Å². The van der Waals surface area contributed by atoms with Crippen molar-refractivity contribution in [1.29, 1.82) is 0 Å². The number of benzene rings is 2. The Morgan fingerprint density at radius 1 is 1.08 bits per heavy atom. The number of para-hydroxylation sites is 1. The molecule has 1 aromatic heterocycles. The van der Waals surface area contributed by atoms with Gasteiger partial charge >= 0.3 is 11.0 Å². The number of aromatic amines is 1. The lowest BCUT2D eigenvalue weighted by Crippen LogP contribution is -2.33. The lowest BCUT2D eigenvalue weighted by molar-refractivity contribution is -0.137. The molecule has 0 radical (unpaired) electrons. The quantitative estimate of drug-likeness (QED) is 0.415. The van der Waals surface area contributed by atoms with Crippen LogP contribution in [-0.4, -0.2) is 22.7 Å². The van der Waals surface area contributed by atoms with Crippen molar-refractivity contribution in [1.82, 2.24) is 4.98 Å². The van der Waals surface area contributed by atoms with Crippen molar-refractivity contribution in [3.8, 4) is 5.75 Å². The Morgan fingerprint density at radius 3 is 2.61 bits per heavy atom. The molecule has 0 spiro atoms. The van der Waals surface area contributed by atoms with Crippen LogP contribution in [0.5, 0.6) is 5.75 Å². The number of rotatable bonds is 5. The number of fused-ring (bicyclic) bond motifs is 6. The van der Waals surface area contributed by atoms with Gasteiger partial charge in [-0.05, 0) is 66.8 Å². The van der Waals surface area contributed by atoms with E-state index in [1.165, 1.54) is 48.8 Å². The van der Waals surface area contributed by atoms with Crippen molar-refractivity contribution in [3.05, 3.63) is 74.2 Å². The van der Waals surface area contributed by atoms with E-state index in [0.29, 0.717) is 28.8 Å². The first-order valence-corrected chi connectivity index (χ1v) is 13.6. The van der Waals surface area contributed by atoms with E-state index in [1.54, 1.807) is 12.1 Å². The standard InChI is InChI=1S/C26H23F3N2O3S2/c27-26(28,29)17-3-1-2-4-18(17)30-19(32)12-34-16-9-7-13(8-10-16)20-21-14-5-6-15(11-14)22(21)35-24-23(20)36-25(33)31-24/h1-4,7-10,14-15,20-22H,5-6,11-12H2,(H,30,32)(H,31,33)/t14?,15?,20-,21?,22?/m1/s1. The summed E-state index contributed by atoms with van der Waals surface area (Å²) in [6.07, 6.45) is -0.808. The van der Waals surface area contributed by atoms with Crippen molar-refractivity contribution < 1.29 is 22.7 Å². The zero-order valence-electron chi connectivity index (χ0n) is 19.0. The lowest BCUT2D eigenvalue weighted by Gasteiger charge is -2.40. The summed E-state index contributed by atoms with van der Waals surface area (Å²) in [5.41, 5.74) is -0.0882. The largest absolute Gasteiger partial charge is 0.484 e. The summed E-state index contributed by atoms with van der Waals surface area (Å²) >= 11 is 3.14. The Hall–Kier alpha value is -2.72. The average molecular weight is 533 g/mol. The Labute approximate surface area is 213 Å². The molecule has 2 bridgehead atoms. The number of hydrogen-bond donors (Lipinski definition) is 2. The Morgan fingerprint density at radius 2 is 1.83 bits per heavy atom. The first kappa shape index (κ1) is 23.7. The molecule has 1 aliphatic heterocycles. The van der Waals surface area contributed by atoms with Crippen molar-refractivity contribution in [2.45, 2.75) is 41.6 Å². The second kappa shape index (κ2) is 8.99. The van der Waals surface area contributed by atoms with Crippen LogP contribution in [0.1, 0.15) is 41.2 Å². The second-order valence-electron chi connectivity index (χ2n) is 9.63. The van der Waals surface area contributed by atoms with E-state index in [2.05, 4.69) is 10.3 Å². The maximum atomic E-state index is 13.2. The number of thioether (sulfide) groups is 1.